The first kappa shape index (κ1) is 23.9. The van der Waals surface area contributed by atoms with Gasteiger partial charge in [0.1, 0.15) is 12.4 Å². The highest BCUT2D eigenvalue weighted by atomic mass is 79.9. The lowest BCUT2D eigenvalue weighted by Gasteiger charge is -2.15. The van der Waals surface area contributed by atoms with E-state index in [0.29, 0.717) is 33.0 Å². The molecule has 1 aliphatic heterocycles. The van der Waals surface area contributed by atoms with Crippen LogP contribution < -0.4 is 14.4 Å². The highest BCUT2D eigenvalue weighted by molar-refractivity contribution is 9.10. The van der Waals surface area contributed by atoms with Gasteiger partial charge in [-0.1, -0.05) is 64.2 Å². The van der Waals surface area contributed by atoms with Gasteiger partial charge in [-0.05, 0) is 69.5 Å². The minimum absolute atomic E-state index is 0.138. The van der Waals surface area contributed by atoms with E-state index in [9.17, 15) is 9.18 Å². The Morgan fingerprint density at radius 2 is 1.85 bits per heavy atom. The van der Waals surface area contributed by atoms with Crippen LogP contribution in [0.4, 0.5) is 10.1 Å². The van der Waals surface area contributed by atoms with Crippen molar-refractivity contribution in [3.05, 3.63) is 91.5 Å². The van der Waals surface area contributed by atoms with E-state index in [0.717, 1.165) is 21.8 Å². The van der Waals surface area contributed by atoms with E-state index in [1.54, 1.807) is 31.4 Å². The summed E-state index contributed by atoms with van der Waals surface area (Å²) in [5, 5.41) is 0. The number of halogens is 3. The Hall–Kier alpha value is -2.20. The molecule has 0 bridgehead atoms. The van der Waals surface area contributed by atoms with Gasteiger partial charge in [0.05, 0.1) is 22.2 Å². The second-order valence-corrected chi connectivity index (χ2v) is 10.4. The molecule has 3 aromatic rings. The molecule has 33 heavy (non-hydrogen) atoms. The maximum absolute atomic E-state index is 14.2. The summed E-state index contributed by atoms with van der Waals surface area (Å²) < 4.78 is 27.7. The molecule has 0 atom stereocenters. The van der Waals surface area contributed by atoms with Crippen LogP contribution in [0.5, 0.6) is 11.5 Å². The van der Waals surface area contributed by atoms with Crippen molar-refractivity contribution in [2.75, 3.05) is 12.0 Å². The second-order valence-electron chi connectivity index (χ2n) is 6.92. The van der Waals surface area contributed by atoms with Gasteiger partial charge in [0.2, 0.25) is 0 Å². The molecule has 0 spiro atoms. The van der Waals surface area contributed by atoms with Crippen molar-refractivity contribution in [3.63, 3.8) is 0 Å². The fourth-order valence-corrected chi connectivity index (χ4v) is 5.28. The van der Waals surface area contributed by atoms with Gasteiger partial charge in [0.15, 0.2) is 15.8 Å². The SMILES string of the molecule is COc1cc(/C=C2\SC(=S)N(c3ccccc3F)C2=O)cc(Br)c1OCc1ccc(Br)cc1. The molecule has 9 heteroatoms. The molecule has 0 aromatic heterocycles. The van der Waals surface area contributed by atoms with E-state index in [1.807, 2.05) is 30.3 Å². The molecule has 0 unspecified atom stereocenters. The van der Waals surface area contributed by atoms with Crippen LogP contribution in [0, 0.1) is 5.82 Å². The van der Waals surface area contributed by atoms with Crippen molar-refractivity contribution < 1.29 is 18.7 Å². The lowest BCUT2D eigenvalue weighted by Crippen LogP contribution is -2.28. The van der Waals surface area contributed by atoms with Crippen molar-refractivity contribution in [1.29, 1.82) is 0 Å². The number of carbonyl (C=O) groups excluding carboxylic acids is 1. The van der Waals surface area contributed by atoms with E-state index in [2.05, 4.69) is 31.9 Å². The fraction of sp³-hybridized carbons (Fsp3) is 0.0833. The Balaban J connectivity index is 1.59. The van der Waals surface area contributed by atoms with Crippen LogP contribution in [0.15, 0.2) is 74.5 Å². The lowest BCUT2D eigenvalue weighted by atomic mass is 10.1. The number of thiocarbonyl (C=S) groups is 1. The molecule has 1 saturated heterocycles. The third kappa shape index (κ3) is 5.32. The molecule has 1 amide bonds. The van der Waals surface area contributed by atoms with Crippen LogP contribution in [0.2, 0.25) is 0 Å². The number of ether oxygens (including phenoxy) is 2. The largest absolute Gasteiger partial charge is 0.493 e. The number of methoxy groups -OCH3 is 1. The van der Waals surface area contributed by atoms with Crippen LogP contribution in [0.25, 0.3) is 6.08 Å². The van der Waals surface area contributed by atoms with Gasteiger partial charge < -0.3 is 9.47 Å². The Bertz CT molecular complexity index is 1270. The molecular formula is C24H16Br2FNO3S2. The quantitative estimate of drug-likeness (QED) is 0.216. The maximum Gasteiger partial charge on any atom is 0.270 e. The number of nitrogens with zero attached hydrogens (tertiary/aromatic N) is 1. The number of thioether (sulfide) groups is 1. The predicted octanol–water partition coefficient (Wildman–Crippen LogP) is 7.34. The number of carbonyl (C=O) groups is 1. The molecule has 1 heterocycles. The monoisotopic (exact) mass is 607 g/mol. The van der Waals surface area contributed by atoms with Crippen LogP contribution in [-0.2, 0) is 11.4 Å². The Morgan fingerprint density at radius 3 is 2.55 bits per heavy atom. The van der Waals surface area contributed by atoms with E-state index in [-0.39, 0.29) is 15.9 Å². The number of amides is 1. The first-order chi connectivity index (χ1) is 15.9. The minimum Gasteiger partial charge on any atom is -0.493 e. The van der Waals surface area contributed by atoms with Crippen LogP contribution >= 0.6 is 55.8 Å². The normalized spacial score (nSPS) is 14.8. The molecule has 0 aliphatic carbocycles. The third-order valence-corrected chi connectivity index (χ3v) is 7.15. The molecular weight excluding hydrogens is 593 g/mol. The summed E-state index contributed by atoms with van der Waals surface area (Å²) in [6.07, 6.45) is 1.70. The van der Waals surface area contributed by atoms with Gasteiger partial charge in [-0.2, -0.15) is 0 Å². The van der Waals surface area contributed by atoms with Crippen molar-refractivity contribution in [2.45, 2.75) is 6.61 Å². The number of benzene rings is 3. The smallest absolute Gasteiger partial charge is 0.270 e. The standard InChI is InChI=1S/C24H16Br2FNO3S2/c1-30-20-11-15(10-17(26)22(20)31-13-14-6-8-16(25)9-7-14)12-21-23(29)28(24(32)33-21)19-5-3-2-4-18(19)27/h2-12H,13H2,1H3/b21-12-. The van der Waals surface area contributed by atoms with E-state index >= 15 is 0 Å². The molecule has 1 aliphatic rings. The topological polar surface area (TPSA) is 38.8 Å². The highest BCUT2D eigenvalue weighted by Gasteiger charge is 2.34. The van der Waals surface area contributed by atoms with E-state index in [4.69, 9.17) is 21.7 Å². The van der Waals surface area contributed by atoms with Crippen molar-refractivity contribution in [2.24, 2.45) is 0 Å². The average Bonchev–Trinajstić information content (AvgIpc) is 3.07. The molecule has 0 N–H and O–H groups in total. The first-order valence-electron chi connectivity index (χ1n) is 9.64. The summed E-state index contributed by atoms with van der Waals surface area (Å²) in [6, 6.07) is 17.5. The van der Waals surface area contributed by atoms with Crippen molar-refractivity contribution in [1.82, 2.24) is 0 Å². The number of para-hydroxylation sites is 1. The van der Waals surface area contributed by atoms with Gasteiger partial charge in [-0.15, -0.1) is 0 Å². The Labute approximate surface area is 217 Å². The molecule has 4 rings (SSSR count). The number of rotatable bonds is 6. The van der Waals surface area contributed by atoms with Gasteiger partial charge in [0.25, 0.3) is 5.91 Å². The van der Waals surface area contributed by atoms with Crippen LogP contribution in [-0.4, -0.2) is 17.3 Å². The predicted molar refractivity (Wildman–Crippen MR) is 141 cm³/mol. The summed E-state index contributed by atoms with van der Waals surface area (Å²) in [5.74, 6) is 0.182. The van der Waals surface area contributed by atoms with Gasteiger partial charge in [-0.25, -0.2) is 4.39 Å². The molecule has 168 valence electrons. The van der Waals surface area contributed by atoms with Gasteiger partial charge in [-0.3, -0.25) is 9.69 Å². The highest BCUT2D eigenvalue weighted by Crippen LogP contribution is 2.40. The van der Waals surface area contributed by atoms with E-state index in [1.165, 1.54) is 17.0 Å². The zero-order valence-electron chi connectivity index (χ0n) is 17.2. The third-order valence-electron chi connectivity index (χ3n) is 4.73. The Morgan fingerprint density at radius 1 is 1.12 bits per heavy atom. The summed E-state index contributed by atoms with van der Waals surface area (Å²) in [4.78, 5) is 14.6. The zero-order valence-corrected chi connectivity index (χ0v) is 22.0. The summed E-state index contributed by atoms with van der Waals surface area (Å²) >= 11 is 13.4. The first-order valence-corrected chi connectivity index (χ1v) is 12.5. The fourth-order valence-electron chi connectivity index (χ4n) is 3.16. The lowest BCUT2D eigenvalue weighted by molar-refractivity contribution is -0.113. The molecule has 4 nitrogen and oxygen atoms in total. The van der Waals surface area contributed by atoms with Crippen molar-refractivity contribution in [3.8, 4) is 11.5 Å². The van der Waals surface area contributed by atoms with Gasteiger partial charge >= 0.3 is 0 Å². The summed E-state index contributed by atoms with van der Waals surface area (Å²) in [5.41, 5.74) is 1.86. The minimum atomic E-state index is -0.508. The summed E-state index contributed by atoms with van der Waals surface area (Å²) in [7, 11) is 1.55. The average molecular weight is 609 g/mol. The maximum atomic E-state index is 14.2. The Kier molecular flexibility index (Phi) is 7.53. The second kappa shape index (κ2) is 10.4. The molecule has 0 saturated carbocycles. The number of anilines is 1. The number of hydrogen-bond donors (Lipinski definition) is 0. The molecule has 0 radical (unpaired) electrons. The van der Waals surface area contributed by atoms with Crippen LogP contribution in [0.3, 0.4) is 0 Å². The van der Waals surface area contributed by atoms with Crippen molar-refractivity contribution >= 4 is 77.8 Å². The molecule has 1 fully saturated rings. The molecule has 3 aromatic carbocycles. The zero-order chi connectivity index (χ0) is 23.5. The van der Waals surface area contributed by atoms with Gasteiger partial charge in [0, 0.05) is 4.47 Å². The summed E-state index contributed by atoms with van der Waals surface area (Å²) in [6.45, 7) is 0.364. The number of hydrogen-bond acceptors (Lipinski definition) is 5. The van der Waals surface area contributed by atoms with E-state index < -0.39 is 5.82 Å². The van der Waals surface area contributed by atoms with Crippen LogP contribution in [0.1, 0.15) is 11.1 Å².